The number of rotatable bonds is 3. The maximum atomic E-state index is 4.85. The molecule has 0 amide bonds. The van der Waals surface area contributed by atoms with E-state index in [9.17, 15) is 0 Å². The Morgan fingerprint density at radius 2 is 1.67 bits per heavy atom. The maximum absolute atomic E-state index is 4.85. The van der Waals surface area contributed by atoms with Gasteiger partial charge in [0.1, 0.15) is 0 Å². The van der Waals surface area contributed by atoms with E-state index in [1.165, 1.54) is 0 Å². The van der Waals surface area contributed by atoms with Gasteiger partial charge in [0.05, 0.1) is 11.4 Å². The predicted molar refractivity (Wildman–Crippen MR) is 101 cm³/mol. The molecule has 0 aliphatic rings. The third-order valence-corrected chi connectivity index (χ3v) is 4.66. The Labute approximate surface area is 149 Å². The maximum Gasteiger partial charge on any atom is 0.163 e. The van der Waals surface area contributed by atoms with Gasteiger partial charge in [0.25, 0.3) is 0 Å². The molecule has 0 aliphatic heterocycles. The molecule has 2 aromatic heterocycles. The lowest BCUT2D eigenvalue weighted by atomic mass is 10.0. The number of fused-ring (bicyclic) bond motifs is 1. The van der Waals surface area contributed by atoms with Crippen molar-refractivity contribution < 1.29 is 0 Å². The average molecular weight is 378 g/mol. The smallest absolute Gasteiger partial charge is 0.163 e. The predicted octanol–water partition coefficient (Wildman–Crippen LogP) is 5.39. The summed E-state index contributed by atoms with van der Waals surface area (Å²) >= 11 is 3.50. The molecule has 0 saturated carbocycles. The van der Waals surface area contributed by atoms with Crippen LogP contribution in [-0.2, 0) is 6.42 Å². The molecule has 3 nitrogen and oxygen atoms in total. The number of benzene rings is 2. The molecule has 0 unspecified atom stereocenters. The molecule has 0 N–H and O–H groups in total. The molecule has 4 heteroatoms. The van der Waals surface area contributed by atoms with Crippen LogP contribution in [0.1, 0.15) is 12.6 Å². The standard InChI is InChI=1S/C20H16BrN3/c1-2-17-19(15-8-10-16(21)11-9-15)20-22-13-12-18(24(20)23-17)14-6-4-3-5-7-14/h3-13H,2H2,1H3. The van der Waals surface area contributed by atoms with E-state index >= 15 is 0 Å². The second-order valence-electron chi connectivity index (χ2n) is 5.61. The van der Waals surface area contributed by atoms with Gasteiger partial charge in [-0.1, -0.05) is 65.3 Å². The fourth-order valence-electron chi connectivity index (χ4n) is 2.98. The summed E-state index contributed by atoms with van der Waals surface area (Å²) in [5, 5.41) is 4.85. The Kier molecular flexibility index (Phi) is 3.90. The fraction of sp³-hybridized carbons (Fsp3) is 0.100. The lowest BCUT2D eigenvalue weighted by molar-refractivity contribution is 0.894. The van der Waals surface area contributed by atoms with E-state index in [4.69, 9.17) is 5.10 Å². The van der Waals surface area contributed by atoms with Crippen molar-refractivity contribution in [2.24, 2.45) is 0 Å². The first-order valence-corrected chi connectivity index (χ1v) is 8.75. The van der Waals surface area contributed by atoms with Gasteiger partial charge >= 0.3 is 0 Å². The number of halogens is 1. The lowest BCUT2D eigenvalue weighted by Gasteiger charge is -2.05. The van der Waals surface area contributed by atoms with E-state index in [1.807, 2.05) is 35.0 Å². The monoisotopic (exact) mass is 377 g/mol. The molecule has 4 rings (SSSR count). The van der Waals surface area contributed by atoms with Crippen molar-refractivity contribution in [1.82, 2.24) is 14.6 Å². The second kappa shape index (κ2) is 6.21. The molecule has 0 fully saturated rings. The van der Waals surface area contributed by atoms with Crippen LogP contribution in [0, 0.1) is 0 Å². The van der Waals surface area contributed by atoms with Crippen molar-refractivity contribution >= 4 is 21.6 Å². The van der Waals surface area contributed by atoms with Gasteiger partial charge in [-0.3, -0.25) is 0 Å². The van der Waals surface area contributed by atoms with Crippen LogP contribution >= 0.6 is 15.9 Å². The van der Waals surface area contributed by atoms with Crippen LogP contribution in [0.2, 0.25) is 0 Å². The normalized spacial score (nSPS) is 11.1. The number of aromatic nitrogens is 3. The Morgan fingerprint density at radius 3 is 2.38 bits per heavy atom. The molecule has 0 spiro atoms. The molecule has 24 heavy (non-hydrogen) atoms. The van der Waals surface area contributed by atoms with E-state index in [1.54, 1.807) is 0 Å². The molecule has 0 radical (unpaired) electrons. The van der Waals surface area contributed by atoms with Crippen molar-refractivity contribution in [1.29, 1.82) is 0 Å². The molecule has 0 bridgehead atoms. The number of hydrogen-bond donors (Lipinski definition) is 0. The summed E-state index contributed by atoms with van der Waals surface area (Å²) in [6.45, 7) is 2.13. The SMILES string of the molecule is CCc1nn2c(-c3ccccc3)ccnc2c1-c1ccc(Br)cc1. The molecule has 0 aliphatic carbocycles. The van der Waals surface area contributed by atoms with Gasteiger partial charge < -0.3 is 0 Å². The highest BCUT2D eigenvalue weighted by Crippen LogP contribution is 2.31. The highest BCUT2D eigenvalue weighted by atomic mass is 79.9. The Morgan fingerprint density at radius 1 is 0.917 bits per heavy atom. The topological polar surface area (TPSA) is 30.2 Å². The van der Waals surface area contributed by atoms with Gasteiger partial charge in [-0.15, -0.1) is 0 Å². The largest absolute Gasteiger partial charge is 0.236 e. The Hall–Kier alpha value is -2.46. The zero-order valence-corrected chi connectivity index (χ0v) is 14.9. The summed E-state index contributed by atoms with van der Waals surface area (Å²) in [6.07, 6.45) is 2.73. The first-order valence-electron chi connectivity index (χ1n) is 7.96. The molecular weight excluding hydrogens is 362 g/mol. The van der Waals surface area contributed by atoms with Crippen molar-refractivity contribution in [3.05, 3.63) is 77.0 Å². The van der Waals surface area contributed by atoms with E-state index in [0.29, 0.717) is 0 Å². The number of nitrogens with zero attached hydrogens (tertiary/aromatic N) is 3. The third-order valence-electron chi connectivity index (χ3n) is 4.13. The second-order valence-corrected chi connectivity index (χ2v) is 6.53. The van der Waals surface area contributed by atoms with Gasteiger partial charge in [0.15, 0.2) is 5.65 Å². The quantitative estimate of drug-likeness (QED) is 0.479. The van der Waals surface area contributed by atoms with Gasteiger partial charge in [-0.05, 0) is 30.2 Å². The fourth-order valence-corrected chi connectivity index (χ4v) is 3.24. The van der Waals surface area contributed by atoms with Crippen molar-refractivity contribution in [2.45, 2.75) is 13.3 Å². The first-order chi connectivity index (χ1) is 11.8. The minimum Gasteiger partial charge on any atom is -0.236 e. The van der Waals surface area contributed by atoms with Crippen LogP contribution in [0.4, 0.5) is 0 Å². The minimum absolute atomic E-state index is 0.864. The summed E-state index contributed by atoms with van der Waals surface area (Å²) < 4.78 is 3.03. The van der Waals surface area contributed by atoms with Crippen molar-refractivity contribution in [3.63, 3.8) is 0 Å². The van der Waals surface area contributed by atoms with E-state index in [0.717, 1.165) is 44.6 Å². The summed E-state index contributed by atoms with van der Waals surface area (Å²) in [5.41, 5.74) is 6.41. The molecule has 0 atom stereocenters. The summed E-state index contributed by atoms with van der Waals surface area (Å²) in [6, 6.07) is 20.6. The van der Waals surface area contributed by atoms with Crippen LogP contribution in [-0.4, -0.2) is 14.6 Å². The summed E-state index contributed by atoms with van der Waals surface area (Å²) in [7, 11) is 0. The van der Waals surface area contributed by atoms with Crippen LogP contribution < -0.4 is 0 Å². The van der Waals surface area contributed by atoms with Crippen LogP contribution in [0.15, 0.2) is 71.3 Å². The first kappa shape index (κ1) is 15.1. The number of aryl methyl sites for hydroxylation is 1. The summed E-state index contributed by atoms with van der Waals surface area (Å²) in [4.78, 5) is 4.62. The van der Waals surface area contributed by atoms with E-state index in [2.05, 4.69) is 64.2 Å². The zero-order valence-electron chi connectivity index (χ0n) is 13.3. The van der Waals surface area contributed by atoms with Crippen molar-refractivity contribution in [2.75, 3.05) is 0 Å². The molecule has 2 heterocycles. The third kappa shape index (κ3) is 2.53. The minimum atomic E-state index is 0.864. The summed E-state index contributed by atoms with van der Waals surface area (Å²) in [5.74, 6) is 0. The highest BCUT2D eigenvalue weighted by molar-refractivity contribution is 9.10. The van der Waals surface area contributed by atoms with Crippen LogP contribution in [0.25, 0.3) is 28.0 Å². The molecular formula is C20H16BrN3. The highest BCUT2D eigenvalue weighted by Gasteiger charge is 2.17. The number of hydrogen-bond acceptors (Lipinski definition) is 2. The Balaban J connectivity index is 2.00. The molecule has 2 aromatic carbocycles. The zero-order chi connectivity index (χ0) is 16.5. The van der Waals surface area contributed by atoms with Crippen LogP contribution in [0.5, 0.6) is 0 Å². The molecule has 0 saturated heterocycles. The van der Waals surface area contributed by atoms with Crippen molar-refractivity contribution in [3.8, 4) is 22.4 Å². The van der Waals surface area contributed by atoms with Gasteiger partial charge in [-0.2, -0.15) is 5.10 Å². The van der Waals surface area contributed by atoms with E-state index in [-0.39, 0.29) is 0 Å². The van der Waals surface area contributed by atoms with Gasteiger partial charge in [0.2, 0.25) is 0 Å². The average Bonchev–Trinajstić information content (AvgIpc) is 3.02. The molecule has 118 valence electrons. The van der Waals surface area contributed by atoms with Gasteiger partial charge in [-0.25, -0.2) is 9.50 Å². The van der Waals surface area contributed by atoms with E-state index < -0.39 is 0 Å². The Bertz CT molecular complexity index is 989. The molecule has 4 aromatic rings. The van der Waals surface area contributed by atoms with Crippen LogP contribution in [0.3, 0.4) is 0 Å². The van der Waals surface area contributed by atoms with Gasteiger partial charge in [0, 0.05) is 21.8 Å². The lowest BCUT2D eigenvalue weighted by Crippen LogP contribution is -1.95.